The molecule has 24 heavy (non-hydrogen) atoms. The van der Waals surface area contributed by atoms with Gasteiger partial charge in [0.1, 0.15) is 0 Å². The lowest BCUT2D eigenvalue weighted by molar-refractivity contribution is -0.0212. The van der Waals surface area contributed by atoms with Crippen molar-refractivity contribution in [2.45, 2.75) is 47.9 Å². The Labute approximate surface area is 154 Å². The molecule has 0 heterocycles. The largest absolute Gasteiger partial charge is 0.213 e. The highest BCUT2D eigenvalue weighted by atomic mass is 35.5. The third-order valence-electron chi connectivity index (χ3n) is 6.12. The Hall–Kier alpha value is -0.290. The van der Waals surface area contributed by atoms with Gasteiger partial charge in [-0.25, -0.2) is 13.1 Å². The molecule has 0 amide bonds. The second-order valence-electron chi connectivity index (χ2n) is 8.14. The van der Waals surface area contributed by atoms with Crippen LogP contribution in [0.2, 0.25) is 0 Å². The van der Waals surface area contributed by atoms with Gasteiger partial charge in [-0.3, -0.25) is 0 Å². The van der Waals surface area contributed by atoms with Crippen molar-refractivity contribution >= 4 is 33.2 Å². The maximum Gasteiger partial charge on any atom is 0.209 e. The highest BCUT2D eigenvalue weighted by Gasteiger charge is 2.63. The van der Waals surface area contributed by atoms with Gasteiger partial charge in [0.15, 0.2) is 0 Å². The molecular weight excluding hydrogens is 365 g/mol. The van der Waals surface area contributed by atoms with Gasteiger partial charge in [-0.05, 0) is 49.5 Å². The first-order valence-corrected chi connectivity index (χ1v) is 11.2. The van der Waals surface area contributed by atoms with E-state index in [1.165, 1.54) is 6.26 Å². The van der Waals surface area contributed by atoms with Crippen molar-refractivity contribution in [3.05, 3.63) is 35.9 Å². The monoisotopic (exact) mass is 387 g/mol. The Morgan fingerprint density at radius 3 is 2.46 bits per heavy atom. The average Bonchev–Trinajstić information content (AvgIpc) is 2.42. The van der Waals surface area contributed by atoms with Crippen LogP contribution in [0.3, 0.4) is 0 Å². The number of sulfonamides is 1. The van der Waals surface area contributed by atoms with Crippen molar-refractivity contribution in [1.29, 1.82) is 0 Å². The number of alkyl halides is 2. The topological polar surface area (TPSA) is 46.2 Å². The molecule has 3 nitrogen and oxygen atoms in total. The Morgan fingerprint density at radius 2 is 1.88 bits per heavy atom. The number of halogens is 2. The predicted octanol–water partition coefficient (Wildman–Crippen LogP) is 4.07. The van der Waals surface area contributed by atoms with Crippen LogP contribution in [0.4, 0.5) is 0 Å². The molecule has 0 saturated heterocycles. The predicted molar refractivity (Wildman–Crippen MR) is 97.9 cm³/mol. The van der Waals surface area contributed by atoms with E-state index in [1.54, 1.807) is 0 Å². The minimum Gasteiger partial charge on any atom is -0.213 e. The summed E-state index contributed by atoms with van der Waals surface area (Å²) in [5.74, 6) is 1.04. The SMILES string of the molecule is CS(=O)(=O)N[C@@H](c1ccccc1)[C@H]1[C@H]2C[C@H]3C[C@](Cl)(C2)C[C@@]1(Cl)C3. The van der Waals surface area contributed by atoms with Crippen LogP contribution in [0.1, 0.15) is 43.7 Å². The molecule has 0 unspecified atom stereocenters. The Bertz CT molecular complexity index is 741. The molecule has 0 aliphatic heterocycles. The lowest BCUT2D eigenvalue weighted by Gasteiger charge is -2.63. The molecule has 0 spiro atoms. The third kappa shape index (κ3) is 3.00. The minimum absolute atomic E-state index is 0.0831. The fraction of sp³-hybridized carbons (Fsp3) is 0.667. The maximum absolute atomic E-state index is 12.0. The molecule has 4 saturated carbocycles. The number of nitrogens with one attached hydrogen (secondary N) is 1. The van der Waals surface area contributed by atoms with Gasteiger partial charge in [0, 0.05) is 10.8 Å². The van der Waals surface area contributed by atoms with E-state index in [9.17, 15) is 8.42 Å². The number of hydrogen-bond donors (Lipinski definition) is 1. The fourth-order valence-corrected chi connectivity index (χ4v) is 8.05. The van der Waals surface area contributed by atoms with Crippen LogP contribution in [0.15, 0.2) is 30.3 Å². The van der Waals surface area contributed by atoms with Crippen LogP contribution in [-0.2, 0) is 10.0 Å². The number of hydrogen-bond acceptors (Lipinski definition) is 2. The van der Waals surface area contributed by atoms with Crippen molar-refractivity contribution in [3.63, 3.8) is 0 Å². The van der Waals surface area contributed by atoms with Gasteiger partial charge in [0.05, 0.1) is 17.2 Å². The summed E-state index contributed by atoms with van der Waals surface area (Å²) >= 11 is 14.0. The highest BCUT2D eigenvalue weighted by Crippen LogP contribution is 2.66. The molecule has 0 radical (unpaired) electrons. The smallest absolute Gasteiger partial charge is 0.209 e. The molecule has 4 fully saturated rings. The first-order chi connectivity index (χ1) is 11.2. The van der Waals surface area contributed by atoms with Crippen molar-refractivity contribution in [2.75, 3.05) is 6.26 Å². The van der Waals surface area contributed by atoms with Crippen molar-refractivity contribution in [1.82, 2.24) is 4.72 Å². The normalized spacial score (nSPS) is 42.2. The van der Waals surface area contributed by atoms with E-state index >= 15 is 0 Å². The zero-order valence-corrected chi connectivity index (χ0v) is 16.0. The fourth-order valence-electron chi connectivity index (χ4n) is 5.80. The zero-order chi connectivity index (χ0) is 17.2. The standard InChI is InChI=1S/C18H23Cl2NO2S/c1-24(22,23)21-16(13-5-3-2-4-6-13)15-14-7-12-8-17(19,10-14)11-18(15,20)9-12/h2-6,12,14-16,21H,7-11H2,1H3/t12-,14-,15+,16-,17-,18-/m0/s1. The molecule has 5 rings (SSSR count). The van der Waals surface area contributed by atoms with E-state index in [-0.39, 0.29) is 16.8 Å². The molecule has 4 aliphatic carbocycles. The molecule has 0 aromatic heterocycles. The van der Waals surface area contributed by atoms with Crippen LogP contribution in [-0.4, -0.2) is 24.4 Å². The summed E-state index contributed by atoms with van der Waals surface area (Å²) in [5, 5.41) is 0. The van der Waals surface area contributed by atoms with Crippen molar-refractivity contribution in [3.8, 4) is 0 Å². The first kappa shape index (κ1) is 17.1. The van der Waals surface area contributed by atoms with Crippen molar-refractivity contribution < 1.29 is 8.42 Å². The van der Waals surface area contributed by atoms with Crippen LogP contribution in [0.5, 0.6) is 0 Å². The maximum atomic E-state index is 12.0. The van der Waals surface area contributed by atoms with E-state index in [2.05, 4.69) is 4.72 Å². The lowest BCUT2D eigenvalue weighted by atomic mass is 9.49. The summed E-state index contributed by atoms with van der Waals surface area (Å²) in [5.41, 5.74) is 0.990. The van der Waals surface area contributed by atoms with Gasteiger partial charge in [-0.1, -0.05) is 30.3 Å². The van der Waals surface area contributed by atoms with Gasteiger partial charge >= 0.3 is 0 Å². The number of rotatable bonds is 4. The zero-order valence-electron chi connectivity index (χ0n) is 13.7. The summed E-state index contributed by atoms with van der Waals surface area (Å²) in [4.78, 5) is -0.597. The summed E-state index contributed by atoms with van der Waals surface area (Å²) in [6, 6.07) is 9.54. The van der Waals surface area contributed by atoms with E-state index in [4.69, 9.17) is 23.2 Å². The molecule has 1 aromatic rings. The van der Waals surface area contributed by atoms with Crippen LogP contribution >= 0.6 is 23.2 Å². The minimum atomic E-state index is -3.34. The first-order valence-electron chi connectivity index (χ1n) is 8.58. The summed E-state index contributed by atoms with van der Waals surface area (Å²) in [7, 11) is -3.34. The Balaban J connectivity index is 1.76. The quantitative estimate of drug-likeness (QED) is 0.791. The molecule has 4 bridgehead atoms. The Morgan fingerprint density at radius 1 is 1.17 bits per heavy atom. The van der Waals surface area contributed by atoms with E-state index < -0.39 is 14.9 Å². The third-order valence-corrected chi connectivity index (χ3v) is 7.79. The second-order valence-corrected chi connectivity index (χ2v) is 11.5. The molecule has 132 valence electrons. The van der Waals surface area contributed by atoms with Crippen LogP contribution in [0, 0.1) is 17.8 Å². The molecule has 6 atom stereocenters. The molecule has 4 aliphatic rings. The molecular formula is C18H23Cl2NO2S. The highest BCUT2D eigenvalue weighted by molar-refractivity contribution is 7.88. The van der Waals surface area contributed by atoms with Gasteiger partial charge in [0.25, 0.3) is 0 Å². The molecule has 1 aromatic carbocycles. The summed E-state index contributed by atoms with van der Waals surface area (Å²) < 4.78 is 27.0. The average molecular weight is 388 g/mol. The van der Waals surface area contributed by atoms with Gasteiger partial charge < -0.3 is 0 Å². The van der Waals surface area contributed by atoms with Crippen molar-refractivity contribution in [2.24, 2.45) is 17.8 Å². The second kappa shape index (κ2) is 5.60. The van der Waals surface area contributed by atoms with Crippen LogP contribution < -0.4 is 4.72 Å². The van der Waals surface area contributed by atoms with E-state index in [1.807, 2.05) is 30.3 Å². The van der Waals surface area contributed by atoms with Gasteiger partial charge in [0.2, 0.25) is 10.0 Å². The van der Waals surface area contributed by atoms with Crippen LogP contribution in [0.25, 0.3) is 0 Å². The Kier molecular flexibility index (Phi) is 4.00. The lowest BCUT2D eigenvalue weighted by Crippen LogP contribution is -2.62. The van der Waals surface area contributed by atoms with Gasteiger partial charge in [-0.15, -0.1) is 23.2 Å². The van der Waals surface area contributed by atoms with Gasteiger partial charge in [-0.2, -0.15) is 0 Å². The summed E-state index contributed by atoms with van der Waals surface area (Å²) in [6.07, 6.45) is 6.06. The summed E-state index contributed by atoms with van der Waals surface area (Å²) in [6.45, 7) is 0. The molecule has 1 N–H and O–H groups in total. The van der Waals surface area contributed by atoms with E-state index in [0.29, 0.717) is 11.8 Å². The molecule has 6 heteroatoms. The van der Waals surface area contributed by atoms with E-state index in [0.717, 1.165) is 37.7 Å². The number of benzene rings is 1.